The van der Waals surface area contributed by atoms with E-state index in [1.165, 1.54) is 20.3 Å². The summed E-state index contributed by atoms with van der Waals surface area (Å²) in [4.78, 5) is 13.1. The van der Waals surface area contributed by atoms with Crippen LogP contribution in [0.25, 0.3) is 11.1 Å². The van der Waals surface area contributed by atoms with Crippen LogP contribution in [-0.4, -0.2) is 28.5 Å². The number of nitrogens with one attached hydrogen (secondary N) is 2. The van der Waals surface area contributed by atoms with E-state index in [0.717, 1.165) is 11.1 Å². The molecule has 8 heteroatoms. The summed E-state index contributed by atoms with van der Waals surface area (Å²) < 4.78 is 39.6. The van der Waals surface area contributed by atoms with Gasteiger partial charge < -0.3 is 14.8 Å². The predicted octanol–water partition coefficient (Wildman–Crippen LogP) is 5.73. The Morgan fingerprint density at radius 2 is 1.50 bits per heavy atom. The molecule has 0 atom stereocenters. The van der Waals surface area contributed by atoms with Gasteiger partial charge in [0.15, 0.2) is 0 Å². The Hall–Kier alpha value is -4.30. The minimum absolute atomic E-state index is 0.00985. The number of benzene rings is 4. The van der Waals surface area contributed by atoms with Crippen molar-refractivity contribution >= 4 is 27.3 Å². The monoisotopic (exact) mass is 502 g/mol. The van der Waals surface area contributed by atoms with Crippen LogP contribution >= 0.6 is 0 Å². The summed E-state index contributed by atoms with van der Waals surface area (Å²) in [5, 5.41) is 2.92. The van der Waals surface area contributed by atoms with E-state index < -0.39 is 15.9 Å². The van der Waals surface area contributed by atoms with Gasteiger partial charge in [-0.15, -0.1) is 0 Å². The van der Waals surface area contributed by atoms with Gasteiger partial charge in [0.25, 0.3) is 15.9 Å². The van der Waals surface area contributed by atoms with Crippen LogP contribution < -0.4 is 19.5 Å². The van der Waals surface area contributed by atoms with Crippen LogP contribution in [0.15, 0.2) is 95.9 Å². The van der Waals surface area contributed by atoms with E-state index in [1.54, 1.807) is 37.3 Å². The van der Waals surface area contributed by atoms with Gasteiger partial charge >= 0.3 is 0 Å². The molecule has 0 aliphatic carbocycles. The molecule has 184 valence electrons. The number of hydrogen-bond acceptors (Lipinski definition) is 5. The molecule has 36 heavy (non-hydrogen) atoms. The molecule has 4 rings (SSSR count). The van der Waals surface area contributed by atoms with Crippen LogP contribution in [0.1, 0.15) is 15.9 Å². The highest BCUT2D eigenvalue weighted by atomic mass is 32.2. The number of anilines is 2. The average Bonchev–Trinajstić information content (AvgIpc) is 2.89. The lowest BCUT2D eigenvalue weighted by Crippen LogP contribution is -2.17. The summed E-state index contributed by atoms with van der Waals surface area (Å²) in [5.74, 6) is 0.416. The van der Waals surface area contributed by atoms with Gasteiger partial charge in [0.2, 0.25) is 0 Å². The smallest absolute Gasteiger partial charge is 0.262 e. The maximum atomic E-state index is 13.3. The molecule has 4 aromatic rings. The van der Waals surface area contributed by atoms with Gasteiger partial charge in [0.1, 0.15) is 11.5 Å². The molecule has 0 fully saturated rings. The zero-order valence-electron chi connectivity index (χ0n) is 20.1. The zero-order valence-corrected chi connectivity index (χ0v) is 20.9. The first-order chi connectivity index (χ1) is 17.3. The quantitative estimate of drug-likeness (QED) is 0.321. The lowest BCUT2D eigenvalue weighted by atomic mass is 10.0. The summed E-state index contributed by atoms with van der Waals surface area (Å²) in [6.07, 6.45) is 0. The second kappa shape index (κ2) is 10.5. The molecule has 0 aliphatic heterocycles. The minimum Gasteiger partial charge on any atom is -0.497 e. The van der Waals surface area contributed by atoms with E-state index in [4.69, 9.17) is 9.47 Å². The zero-order chi connectivity index (χ0) is 25.7. The molecule has 7 nitrogen and oxygen atoms in total. The molecule has 0 aliphatic rings. The number of aryl methyl sites for hydroxylation is 1. The summed E-state index contributed by atoms with van der Waals surface area (Å²) in [6, 6.07) is 26.5. The van der Waals surface area contributed by atoms with E-state index in [0.29, 0.717) is 22.7 Å². The first-order valence-electron chi connectivity index (χ1n) is 11.1. The van der Waals surface area contributed by atoms with Gasteiger partial charge in [0.05, 0.1) is 24.8 Å². The molecule has 0 aromatic heterocycles. The second-order valence-electron chi connectivity index (χ2n) is 8.02. The molecular formula is C28H26N2O5S. The Kier molecular flexibility index (Phi) is 7.26. The molecule has 0 bridgehead atoms. The fraction of sp³-hybridized carbons (Fsp3) is 0.107. The molecular weight excluding hydrogens is 476 g/mol. The lowest BCUT2D eigenvalue weighted by molar-refractivity contribution is 0.102. The van der Waals surface area contributed by atoms with Crippen molar-refractivity contribution in [2.75, 3.05) is 24.3 Å². The van der Waals surface area contributed by atoms with Gasteiger partial charge in [-0.25, -0.2) is 8.42 Å². The number of para-hydroxylation sites is 1. The number of hydrogen-bond donors (Lipinski definition) is 2. The van der Waals surface area contributed by atoms with Gasteiger partial charge in [-0.1, -0.05) is 54.6 Å². The number of ether oxygens (including phenoxy) is 2. The van der Waals surface area contributed by atoms with Crippen LogP contribution in [0.3, 0.4) is 0 Å². The van der Waals surface area contributed by atoms with Crippen molar-refractivity contribution in [1.29, 1.82) is 0 Å². The predicted molar refractivity (Wildman–Crippen MR) is 141 cm³/mol. The molecule has 0 saturated heterocycles. The SMILES string of the molecule is COc1ccc(NS(=O)(=O)c2cc(C(=O)Nc3ccccc3-c3ccccc3)ccc2C)c(OC)c1. The van der Waals surface area contributed by atoms with E-state index in [-0.39, 0.29) is 16.1 Å². The van der Waals surface area contributed by atoms with Crippen molar-refractivity contribution in [3.05, 3.63) is 102 Å². The maximum Gasteiger partial charge on any atom is 0.262 e. The van der Waals surface area contributed by atoms with Crippen molar-refractivity contribution in [2.45, 2.75) is 11.8 Å². The van der Waals surface area contributed by atoms with Crippen LogP contribution in [-0.2, 0) is 10.0 Å². The summed E-state index contributed by atoms with van der Waals surface area (Å²) in [7, 11) is -1.08. The van der Waals surface area contributed by atoms with E-state index in [1.807, 2.05) is 54.6 Å². The number of carbonyl (C=O) groups is 1. The molecule has 0 radical (unpaired) electrons. The first-order valence-corrected chi connectivity index (χ1v) is 12.6. The Morgan fingerprint density at radius 1 is 0.778 bits per heavy atom. The molecule has 0 spiro atoms. The van der Waals surface area contributed by atoms with Gasteiger partial charge in [-0.2, -0.15) is 0 Å². The van der Waals surface area contributed by atoms with E-state index in [9.17, 15) is 13.2 Å². The Labute approximate surface area is 210 Å². The van der Waals surface area contributed by atoms with Crippen molar-refractivity contribution in [3.8, 4) is 22.6 Å². The normalized spacial score (nSPS) is 11.0. The number of sulfonamides is 1. The summed E-state index contributed by atoms with van der Waals surface area (Å²) in [6.45, 7) is 1.67. The number of carbonyl (C=O) groups excluding carboxylic acids is 1. The van der Waals surface area contributed by atoms with Crippen LogP contribution in [0, 0.1) is 6.92 Å². The molecule has 2 N–H and O–H groups in total. The second-order valence-corrected chi connectivity index (χ2v) is 9.67. The Morgan fingerprint density at radius 3 is 2.22 bits per heavy atom. The third-order valence-electron chi connectivity index (χ3n) is 5.65. The number of amides is 1. The third-order valence-corrected chi connectivity index (χ3v) is 7.16. The Balaban J connectivity index is 1.63. The van der Waals surface area contributed by atoms with Gasteiger partial charge in [-0.3, -0.25) is 9.52 Å². The largest absolute Gasteiger partial charge is 0.497 e. The maximum absolute atomic E-state index is 13.3. The average molecular weight is 503 g/mol. The van der Waals surface area contributed by atoms with Crippen LogP contribution in [0.4, 0.5) is 11.4 Å². The molecule has 0 heterocycles. The van der Waals surface area contributed by atoms with Crippen molar-refractivity contribution in [3.63, 3.8) is 0 Å². The lowest BCUT2D eigenvalue weighted by Gasteiger charge is -2.15. The summed E-state index contributed by atoms with van der Waals surface area (Å²) in [5.41, 5.74) is 3.41. The topological polar surface area (TPSA) is 93.7 Å². The number of methoxy groups -OCH3 is 2. The third kappa shape index (κ3) is 5.34. The summed E-state index contributed by atoms with van der Waals surface area (Å²) >= 11 is 0. The van der Waals surface area contributed by atoms with Gasteiger partial charge in [0, 0.05) is 22.9 Å². The molecule has 0 unspecified atom stereocenters. The highest BCUT2D eigenvalue weighted by molar-refractivity contribution is 7.92. The fourth-order valence-electron chi connectivity index (χ4n) is 3.77. The highest BCUT2D eigenvalue weighted by Crippen LogP contribution is 2.32. The molecule has 1 amide bonds. The van der Waals surface area contributed by atoms with Crippen molar-refractivity contribution in [1.82, 2.24) is 0 Å². The minimum atomic E-state index is -4.03. The van der Waals surface area contributed by atoms with Crippen molar-refractivity contribution < 1.29 is 22.7 Å². The van der Waals surface area contributed by atoms with E-state index in [2.05, 4.69) is 10.0 Å². The van der Waals surface area contributed by atoms with Crippen LogP contribution in [0.5, 0.6) is 11.5 Å². The first kappa shape index (κ1) is 24.8. The number of rotatable bonds is 8. The van der Waals surface area contributed by atoms with Gasteiger partial charge in [-0.05, 0) is 48.4 Å². The highest BCUT2D eigenvalue weighted by Gasteiger charge is 2.21. The molecule has 0 saturated carbocycles. The fourth-order valence-corrected chi connectivity index (χ4v) is 5.11. The van der Waals surface area contributed by atoms with E-state index >= 15 is 0 Å². The standard InChI is InChI=1S/C28H26N2O5S/c1-19-13-14-21(28(31)29-24-12-8-7-11-23(24)20-9-5-4-6-10-20)17-27(19)36(32,33)30-25-16-15-22(34-2)18-26(25)35-3/h4-18,30H,1-3H3,(H,29,31). The Bertz CT molecular complexity index is 1500. The van der Waals surface area contributed by atoms with Crippen LogP contribution in [0.2, 0.25) is 0 Å². The van der Waals surface area contributed by atoms with Crippen molar-refractivity contribution in [2.24, 2.45) is 0 Å². The molecule has 4 aromatic carbocycles.